The maximum atomic E-state index is 12.3. The molecule has 20 heavy (non-hydrogen) atoms. The molecular weight excluding hydrogens is 348 g/mol. The molecule has 1 atom stereocenters. The summed E-state index contributed by atoms with van der Waals surface area (Å²) in [5, 5.41) is 0. The summed E-state index contributed by atoms with van der Waals surface area (Å²) in [5.74, 6) is -0.0718. The third-order valence-corrected chi connectivity index (χ3v) is 4.97. The van der Waals surface area contributed by atoms with Gasteiger partial charge in [0.25, 0.3) is 5.91 Å². The molecule has 2 heterocycles. The van der Waals surface area contributed by atoms with Crippen LogP contribution in [0.25, 0.3) is 0 Å². The van der Waals surface area contributed by atoms with Gasteiger partial charge in [0, 0.05) is 16.5 Å². The third-order valence-electron chi connectivity index (χ3n) is 3.40. The third kappa shape index (κ3) is 2.02. The van der Waals surface area contributed by atoms with Crippen molar-refractivity contribution in [2.45, 2.75) is 31.4 Å². The molecule has 0 radical (unpaired) electrons. The van der Waals surface area contributed by atoms with E-state index >= 15 is 0 Å². The molecule has 1 unspecified atom stereocenters. The molecule has 1 saturated heterocycles. The van der Waals surface area contributed by atoms with Gasteiger partial charge >= 0.3 is 10.2 Å². The van der Waals surface area contributed by atoms with Crippen molar-refractivity contribution < 1.29 is 17.9 Å². The lowest BCUT2D eigenvalue weighted by Gasteiger charge is -2.41. The normalized spacial score (nSPS) is 29.6. The average Bonchev–Trinajstić information content (AvgIpc) is 2.49. The van der Waals surface area contributed by atoms with E-state index in [1.807, 2.05) is 18.6 Å². The quantitative estimate of drug-likeness (QED) is 0.727. The van der Waals surface area contributed by atoms with Crippen molar-refractivity contribution in [1.29, 1.82) is 0 Å². The fourth-order valence-electron chi connectivity index (χ4n) is 2.80. The Balaban J connectivity index is 2.26. The molecular formula is C12H13BrN2O4S. The summed E-state index contributed by atoms with van der Waals surface area (Å²) in [7, 11) is -3.83. The Bertz CT molecular complexity index is 716. The number of carbonyl (C=O) groups is 1. The highest BCUT2D eigenvalue weighted by atomic mass is 79.9. The second-order valence-electron chi connectivity index (χ2n) is 5.62. The predicted molar refractivity (Wildman–Crippen MR) is 75.3 cm³/mol. The van der Waals surface area contributed by atoms with Crippen LogP contribution in [0.15, 0.2) is 22.7 Å². The molecule has 108 valence electrons. The lowest BCUT2D eigenvalue weighted by Crippen LogP contribution is -2.53. The Labute approximate surface area is 125 Å². The molecule has 1 aromatic carbocycles. The summed E-state index contributed by atoms with van der Waals surface area (Å²) in [5.41, 5.74) is -1.46. The van der Waals surface area contributed by atoms with Crippen molar-refractivity contribution in [2.24, 2.45) is 0 Å². The fourth-order valence-corrected chi connectivity index (χ4v) is 4.36. The first-order valence-corrected chi connectivity index (χ1v) is 8.26. The van der Waals surface area contributed by atoms with E-state index in [0.717, 1.165) is 4.47 Å². The van der Waals surface area contributed by atoms with Crippen LogP contribution in [-0.2, 0) is 20.5 Å². The SMILES string of the molecule is CC1(C)CC2(NS(=O)(=O)NC2=O)c2cc(Br)ccc2O1. The van der Waals surface area contributed by atoms with E-state index in [4.69, 9.17) is 4.74 Å². The van der Waals surface area contributed by atoms with Crippen LogP contribution in [0.4, 0.5) is 0 Å². The van der Waals surface area contributed by atoms with E-state index in [1.54, 1.807) is 18.2 Å². The van der Waals surface area contributed by atoms with Gasteiger partial charge < -0.3 is 4.74 Å². The lowest BCUT2D eigenvalue weighted by molar-refractivity contribution is -0.127. The molecule has 1 amide bonds. The van der Waals surface area contributed by atoms with Crippen LogP contribution < -0.4 is 14.2 Å². The number of ether oxygens (including phenoxy) is 1. The van der Waals surface area contributed by atoms with Crippen molar-refractivity contribution in [1.82, 2.24) is 9.44 Å². The summed E-state index contributed by atoms with van der Waals surface area (Å²) in [6.45, 7) is 3.64. The topological polar surface area (TPSA) is 84.5 Å². The standard InChI is InChI=1S/C12H13BrN2O4S/c1-11(2)6-12(10(16)14-20(17,18)15-12)8-5-7(13)3-4-9(8)19-11/h3-5,15H,6H2,1-2H3,(H,14,16). The first kappa shape index (κ1) is 13.8. The molecule has 2 aliphatic heterocycles. The van der Waals surface area contributed by atoms with E-state index < -0.39 is 27.3 Å². The average molecular weight is 361 g/mol. The molecule has 0 saturated carbocycles. The smallest absolute Gasteiger partial charge is 0.302 e. The summed E-state index contributed by atoms with van der Waals surface area (Å²) in [6, 6.07) is 5.22. The maximum absolute atomic E-state index is 12.3. The van der Waals surface area contributed by atoms with Crippen molar-refractivity contribution >= 4 is 32.0 Å². The number of hydrogen-bond donors (Lipinski definition) is 2. The fraction of sp³-hybridized carbons (Fsp3) is 0.417. The highest BCUT2D eigenvalue weighted by Crippen LogP contribution is 2.46. The minimum Gasteiger partial charge on any atom is -0.487 e. The number of rotatable bonds is 0. The Kier molecular flexibility index (Phi) is 2.74. The minimum absolute atomic E-state index is 0.217. The van der Waals surface area contributed by atoms with Gasteiger partial charge in [-0.15, -0.1) is 0 Å². The number of carbonyl (C=O) groups excluding carboxylic acids is 1. The van der Waals surface area contributed by atoms with Crippen molar-refractivity contribution in [2.75, 3.05) is 0 Å². The predicted octanol–water partition coefficient (Wildman–Crippen LogP) is 1.17. The van der Waals surface area contributed by atoms with E-state index in [0.29, 0.717) is 11.3 Å². The van der Waals surface area contributed by atoms with Gasteiger partial charge in [-0.3, -0.25) is 4.79 Å². The van der Waals surface area contributed by atoms with Crippen molar-refractivity contribution in [3.8, 4) is 5.75 Å². The van der Waals surface area contributed by atoms with Crippen LogP contribution in [0.5, 0.6) is 5.75 Å². The highest BCUT2D eigenvalue weighted by Gasteiger charge is 2.57. The van der Waals surface area contributed by atoms with Crippen LogP contribution in [0.1, 0.15) is 25.8 Å². The Morgan fingerprint density at radius 2 is 2.05 bits per heavy atom. The van der Waals surface area contributed by atoms with Gasteiger partial charge in [0.2, 0.25) is 0 Å². The molecule has 3 rings (SSSR count). The molecule has 0 aromatic heterocycles. The summed E-state index contributed by atoms with van der Waals surface area (Å²) in [6.07, 6.45) is 0.217. The minimum atomic E-state index is -3.83. The first-order valence-electron chi connectivity index (χ1n) is 5.99. The lowest BCUT2D eigenvalue weighted by atomic mass is 9.78. The van der Waals surface area contributed by atoms with Gasteiger partial charge in [0.05, 0.1) is 0 Å². The van der Waals surface area contributed by atoms with E-state index in [2.05, 4.69) is 20.7 Å². The molecule has 0 aliphatic carbocycles. The van der Waals surface area contributed by atoms with Gasteiger partial charge in [-0.2, -0.15) is 13.1 Å². The highest BCUT2D eigenvalue weighted by molar-refractivity contribution is 9.10. The molecule has 0 bridgehead atoms. The maximum Gasteiger partial charge on any atom is 0.302 e. The van der Waals surface area contributed by atoms with Gasteiger partial charge in [0.15, 0.2) is 0 Å². The van der Waals surface area contributed by atoms with Crippen LogP contribution in [0.2, 0.25) is 0 Å². The van der Waals surface area contributed by atoms with Gasteiger partial charge in [-0.05, 0) is 32.0 Å². The zero-order chi connectivity index (χ0) is 14.8. The molecule has 6 nitrogen and oxygen atoms in total. The molecule has 8 heteroatoms. The largest absolute Gasteiger partial charge is 0.487 e. The van der Waals surface area contributed by atoms with Crippen LogP contribution in [0, 0.1) is 0 Å². The van der Waals surface area contributed by atoms with Crippen molar-refractivity contribution in [3.05, 3.63) is 28.2 Å². The van der Waals surface area contributed by atoms with Crippen LogP contribution in [-0.4, -0.2) is 19.9 Å². The summed E-state index contributed by atoms with van der Waals surface area (Å²) >= 11 is 3.33. The van der Waals surface area contributed by atoms with Crippen LogP contribution >= 0.6 is 15.9 Å². The van der Waals surface area contributed by atoms with Crippen LogP contribution in [0.3, 0.4) is 0 Å². The Morgan fingerprint density at radius 1 is 1.35 bits per heavy atom. The van der Waals surface area contributed by atoms with E-state index in [1.165, 1.54) is 0 Å². The zero-order valence-electron chi connectivity index (χ0n) is 10.9. The molecule has 1 spiro atoms. The number of nitrogens with one attached hydrogen (secondary N) is 2. The molecule has 1 fully saturated rings. The van der Waals surface area contributed by atoms with E-state index in [-0.39, 0.29) is 6.42 Å². The molecule has 1 aromatic rings. The first-order chi connectivity index (χ1) is 9.14. The number of halogens is 1. The van der Waals surface area contributed by atoms with Gasteiger partial charge in [-0.25, -0.2) is 4.72 Å². The second kappa shape index (κ2) is 3.96. The Morgan fingerprint density at radius 3 is 2.65 bits per heavy atom. The summed E-state index contributed by atoms with van der Waals surface area (Å²) in [4.78, 5) is 12.3. The Hall–Kier alpha value is -1.12. The second-order valence-corrected chi connectivity index (χ2v) is 7.95. The number of benzene rings is 1. The van der Waals surface area contributed by atoms with Gasteiger partial charge in [0.1, 0.15) is 16.9 Å². The molecule has 2 aliphatic rings. The number of amides is 1. The monoisotopic (exact) mass is 360 g/mol. The van der Waals surface area contributed by atoms with E-state index in [9.17, 15) is 13.2 Å². The van der Waals surface area contributed by atoms with Crippen molar-refractivity contribution in [3.63, 3.8) is 0 Å². The summed E-state index contributed by atoms with van der Waals surface area (Å²) < 4.78 is 34.5. The zero-order valence-corrected chi connectivity index (χ0v) is 13.3. The molecule has 2 N–H and O–H groups in total. The number of fused-ring (bicyclic) bond motifs is 2. The van der Waals surface area contributed by atoms with Gasteiger partial charge in [-0.1, -0.05) is 15.9 Å². The number of hydrogen-bond acceptors (Lipinski definition) is 4.